The first-order chi connectivity index (χ1) is 9.18. The fraction of sp³-hybridized carbons (Fsp3) is 0.333. The van der Waals surface area contributed by atoms with Gasteiger partial charge in [0.15, 0.2) is 5.78 Å². The summed E-state index contributed by atoms with van der Waals surface area (Å²) < 4.78 is 7.22. The fourth-order valence-corrected chi connectivity index (χ4v) is 2.18. The molecule has 0 unspecified atom stereocenters. The van der Waals surface area contributed by atoms with Gasteiger partial charge < -0.3 is 4.74 Å². The summed E-state index contributed by atoms with van der Waals surface area (Å²) in [5.41, 5.74) is 0.604. The first kappa shape index (κ1) is 13.5. The monoisotopic (exact) mass is 278 g/mol. The third kappa shape index (κ3) is 3.54. The Morgan fingerprint density at radius 1 is 1.42 bits per heavy atom. The molecule has 7 heteroatoms. The van der Waals surface area contributed by atoms with Crippen molar-refractivity contribution in [2.24, 2.45) is 7.05 Å². The highest BCUT2D eigenvalue weighted by molar-refractivity contribution is 7.99. The highest BCUT2D eigenvalue weighted by Crippen LogP contribution is 2.19. The number of benzene rings is 1. The van der Waals surface area contributed by atoms with Crippen LogP contribution in [-0.4, -0.2) is 38.4 Å². The summed E-state index contributed by atoms with van der Waals surface area (Å²) in [6.45, 7) is 2.02. The molecule has 0 saturated heterocycles. The normalized spacial score (nSPS) is 10.4. The highest BCUT2D eigenvalue weighted by Gasteiger charge is 2.07. The molecule has 0 amide bonds. The number of aryl methyl sites for hydroxylation is 1. The van der Waals surface area contributed by atoms with Crippen molar-refractivity contribution in [2.45, 2.75) is 12.1 Å². The van der Waals surface area contributed by atoms with Crippen molar-refractivity contribution in [2.75, 3.05) is 12.4 Å². The number of ketones is 1. The lowest BCUT2D eigenvalue weighted by molar-refractivity contribution is 0.101. The molecular weight excluding hydrogens is 264 g/mol. The van der Waals surface area contributed by atoms with Gasteiger partial charge in [-0.3, -0.25) is 4.79 Å². The van der Waals surface area contributed by atoms with Crippen molar-refractivity contribution in [1.82, 2.24) is 20.2 Å². The molecule has 0 aliphatic rings. The second-order valence-electron chi connectivity index (χ2n) is 3.83. The van der Waals surface area contributed by atoms with Crippen LogP contribution in [0.25, 0.3) is 0 Å². The smallest absolute Gasteiger partial charge is 0.209 e. The van der Waals surface area contributed by atoms with Crippen LogP contribution in [0.1, 0.15) is 17.3 Å². The minimum Gasteiger partial charge on any atom is -0.492 e. The first-order valence-corrected chi connectivity index (χ1v) is 6.75. The van der Waals surface area contributed by atoms with Crippen molar-refractivity contribution < 1.29 is 9.53 Å². The van der Waals surface area contributed by atoms with Gasteiger partial charge in [-0.15, -0.1) is 5.10 Å². The Morgan fingerprint density at radius 2 is 2.21 bits per heavy atom. The molecule has 100 valence electrons. The quantitative estimate of drug-likeness (QED) is 0.454. The van der Waals surface area contributed by atoms with Crippen LogP contribution in [0.5, 0.6) is 5.75 Å². The average Bonchev–Trinajstić information content (AvgIpc) is 2.80. The number of thioether (sulfide) groups is 1. The number of nitrogens with zero attached hydrogens (tertiary/aromatic N) is 4. The molecule has 6 nitrogen and oxygen atoms in total. The lowest BCUT2D eigenvalue weighted by Gasteiger charge is -2.08. The van der Waals surface area contributed by atoms with Crippen LogP contribution in [-0.2, 0) is 7.05 Å². The maximum atomic E-state index is 11.4. The number of aromatic nitrogens is 4. The summed E-state index contributed by atoms with van der Waals surface area (Å²) in [4.78, 5) is 11.4. The van der Waals surface area contributed by atoms with Crippen LogP contribution < -0.4 is 4.74 Å². The maximum absolute atomic E-state index is 11.4. The van der Waals surface area contributed by atoms with Crippen molar-refractivity contribution in [3.8, 4) is 5.75 Å². The van der Waals surface area contributed by atoms with Gasteiger partial charge in [-0.05, 0) is 29.5 Å². The summed E-state index contributed by atoms with van der Waals surface area (Å²) in [6.07, 6.45) is 0. The number of rotatable bonds is 6. The lowest BCUT2D eigenvalue weighted by atomic mass is 10.1. The van der Waals surface area contributed by atoms with Crippen LogP contribution >= 0.6 is 11.8 Å². The number of para-hydroxylation sites is 1. The molecule has 19 heavy (non-hydrogen) atoms. The van der Waals surface area contributed by atoms with Gasteiger partial charge >= 0.3 is 0 Å². The van der Waals surface area contributed by atoms with Crippen LogP contribution in [0.4, 0.5) is 0 Å². The molecule has 0 aliphatic carbocycles. The summed E-state index contributed by atoms with van der Waals surface area (Å²) >= 11 is 1.50. The van der Waals surface area contributed by atoms with Crippen LogP contribution in [0.15, 0.2) is 29.4 Å². The zero-order valence-corrected chi connectivity index (χ0v) is 11.6. The Hall–Kier alpha value is -1.89. The molecule has 1 aromatic carbocycles. The van der Waals surface area contributed by atoms with E-state index in [0.717, 1.165) is 5.16 Å². The Morgan fingerprint density at radius 3 is 2.89 bits per heavy atom. The van der Waals surface area contributed by atoms with E-state index in [-0.39, 0.29) is 5.78 Å². The number of carbonyl (C=O) groups is 1. The van der Waals surface area contributed by atoms with E-state index >= 15 is 0 Å². The first-order valence-electron chi connectivity index (χ1n) is 5.76. The molecule has 0 N–H and O–H groups in total. The van der Waals surface area contributed by atoms with Crippen molar-refractivity contribution in [1.29, 1.82) is 0 Å². The number of hydrogen-bond acceptors (Lipinski definition) is 6. The molecule has 0 fully saturated rings. The number of ether oxygens (including phenoxy) is 1. The topological polar surface area (TPSA) is 69.9 Å². The molecule has 1 heterocycles. The second kappa shape index (κ2) is 6.33. The van der Waals surface area contributed by atoms with Gasteiger partial charge in [0, 0.05) is 12.8 Å². The van der Waals surface area contributed by atoms with Gasteiger partial charge in [-0.2, -0.15) is 0 Å². The van der Waals surface area contributed by atoms with E-state index in [9.17, 15) is 4.79 Å². The standard InChI is InChI=1S/C12H14N4O2S/c1-9(17)10-5-3-4-6-11(10)18-7-8-19-12-13-14-15-16(12)2/h3-6H,7-8H2,1-2H3. The Labute approximate surface area is 115 Å². The molecule has 0 atom stereocenters. The van der Waals surface area contributed by atoms with Gasteiger partial charge in [0.25, 0.3) is 0 Å². The minimum atomic E-state index is 0.000698. The largest absolute Gasteiger partial charge is 0.492 e. The van der Waals surface area contributed by atoms with Gasteiger partial charge in [0.1, 0.15) is 5.75 Å². The zero-order valence-electron chi connectivity index (χ0n) is 10.7. The van der Waals surface area contributed by atoms with E-state index in [1.807, 2.05) is 12.1 Å². The van der Waals surface area contributed by atoms with Crippen LogP contribution in [0.3, 0.4) is 0 Å². The predicted molar refractivity (Wildman–Crippen MR) is 71.5 cm³/mol. The fourth-order valence-electron chi connectivity index (χ4n) is 1.51. The minimum absolute atomic E-state index is 0.000698. The van der Waals surface area contributed by atoms with E-state index in [1.165, 1.54) is 18.7 Å². The number of Topliss-reactive ketones (excluding diaryl/α,β-unsaturated/α-hetero) is 1. The highest BCUT2D eigenvalue weighted by atomic mass is 32.2. The Bertz CT molecular complexity index is 570. The number of hydrogen-bond donors (Lipinski definition) is 0. The van der Waals surface area contributed by atoms with E-state index in [4.69, 9.17) is 4.74 Å². The van der Waals surface area contributed by atoms with E-state index < -0.39 is 0 Å². The van der Waals surface area contributed by atoms with Gasteiger partial charge in [0.2, 0.25) is 5.16 Å². The summed E-state index contributed by atoms with van der Waals surface area (Å²) in [6, 6.07) is 7.23. The van der Waals surface area contributed by atoms with Crippen molar-refractivity contribution in [3.05, 3.63) is 29.8 Å². The molecule has 1 aromatic heterocycles. The summed E-state index contributed by atoms with van der Waals surface area (Å²) in [5, 5.41) is 11.9. The third-order valence-electron chi connectivity index (χ3n) is 2.42. The molecular formula is C12H14N4O2S. The van der Waals surface area contributed by atoms with Gasteiger partial charge in [0.05, 0.1) is 12.2 Å². The summed E-state index contributed by atoms with van der Waals surface area (Å²) in [5.74, 6) is 1.33. The van der Waals surface area contributed by atoms with Crippen LogP contribution in [0, 0.1) is 0 Å². The maximum Gasteiger partial charge on any atom is 0.209 e. The number of tetrazole rings is 1. The molecule has 0 saturated carbocycles. The third-order valence-corrected chi connectivity index (χ3v) is 3.39. The molecule has 2 aromatic rings. The molecule has 0 bridgehead atoms. The van der Waals surface area contributed by atoms with Gasteiger partial charge in [-0.1, -0.05) is 23.9 Å². The molecule has 2 rings (SSSR count). The SMILES string of the molecule is CC(=O)c1ccccc1OCCSc1nnnn1C. The van der Waals surface area contributed by atoms with E-state index in [0.29, 0.717) is 23.7 Å². The number of carbonyl (C=O) groups excluding carboxylic acids is 1. The molecule has 0 aliphatic heterocycles. The second-order valence-corrected chi connectivity index (χ2v) is 4.90. The van der Waals surface area contributed by atoms with E-state index in [2.05, 4.69) is 15.5 Å². The zero-order chi connectivity index (χ0) is 13.7. The van der Waals surface area contributed by atoms with E-state index in [1.54, 1.807) is 23.9 Å². The Balaban J connectivity index is 1.86. The van der Waals surface area contributed by atoms with Gasteiger partial charge in [-0.25, -0.2) is 4.68 Å². The Kier molecular flexibility index (Phi) is 4.51. The lowest BCUT2D eigenvalue weighted by Crippen LogP contribution is -2.05. The summed E-state index contributed by atoms with van der Waals surface area (Å²) in [7, 11) is 1.79. The van der Waals surface area contributed by atoms with Crippen LogP contribution in [0.2, 0.25) is 0 Å². The van der Waals surface area contributed by atoms with Crippen molar-refractivity contribution in [3.63, 3.8) is 0 Å². The van der Waals surface area contributed by atoms with Crippen molar-refractivity contribution >= 4 is 17.5 Å². The average molecular weight is 278 g/mol. The molecule has 0 spiro atoms. The molecule has 0 radical (unpaired) electrons. The predicted octanol–water partition coefficient (Wildman–Crippen LogP) is 1.58.